The zero-order valence-corrected chi connectivity index (χ0v) is 12.9. The van der Waals surface area contributed by atoms with Crippen LogP contribution in [0.4, 0.5) is 0 Å². The molecular formula is C17H18ClNO3. The Balaban J connectivity index is 1.99. The summed E-state index contributed by atoms with van der Waals surface area (Å²) in [6.45, 7) is 1.23. The third kappa shape index (κ3) is 2.64. The molecule has 0 aliphatic carbocycles. The largest absolute Gasteiger partial charge is 0.506 e. The van der Waals surface area contributed by atoms with Crippen molar-refractivity contribution in [3.8, 4) is 5.75 Å². The van der Waals surface area contributed by atoms with Gasteiger partial charge >= 0.3 is 0 Å². The summed E-state index contributed by atoms with van der Waals surface area (Å²) < 4.78 is 0. The van der Waals surface area contributed by atoms with Gasteiger partial charge in [0.1, 0.15) is 5.75 Å². The molecule has 1 heterocycles. The van der Waals surface area contributed by atoms with Crippen LogP contribution in [0.2, 0.25) is 5.02 Å². The molecule has 1 aliphatic heterocycles. The number of benzene rings is 2. The number of aliphatic hydroxyl groups excluding tert-OH is 1. The second kappa shape index (κ2) is 6.15. The molecule has 1 aliphatic rings. The zero-order chi connectivity index (χ0) is 15.7. The number of amides is 1. The van der Waals surface area contributed by atoms with Gasteiger partial charge < -0.3 is 15.1 Å². The van der Waals surface area contributed by atoms with Crippen LogP contribution in [-0.2, 0) is 0 Å². The quantitative estimate of drug-likeness (QED) is 0.894. The molecule has 1 fully saturated rings. The van der Waals surface area contributed by atoms with Crippen LogP contribution in [-0.4, -0.2) is 40.7 Å². The van der Waals surface area contributed by atoms with Crippen LogP contribution < -0.4 is 0 Å². The van der Waals surface area contributed by atoms with Gasteiger partial charge in [0.05, 0.1) is 5.56 Å². The van der Waals surface area contributed by atoms with Crippen LogP contribution >= 0.6 is 11.6 Å². The maximum Gasteiger partial charge on any atom is 0.257 e. The Labute approximate surface area is 133 Å². The predicted octanol–water partition coefficient (Wildman–Crippen LogP) is 3.04. The van der Waals surface area contributed by atoms with E-state index < -0.39 is 0 Å². The molecule has 0 radical (unpaired) electrons. The fraction of sp³-hybridized carbons (Fsp3) is 0.353. The Morgan fingerprint density at radius 1 is 1.32 bits per heavy atom. The topological polar surface area (TPSA) is 60.8 Å². The Hall–Kier alpha value is -1.78. The van der Waals surface area contributed by atoms with Gasteiger partial charge in [0.25, 0.3) is 5.91 Å². The van der Waals surface area contributed by atoms with E-state index in [1.54, 1.807) is 17.0 Å². The number of aromatic hydroxyl groups is 1. The molecule has 4 nitrogen and oxygen atoms in total. The molecular weight excluding hydrogens is 302 g/mol. The highest BCUT2D eigenvalue weighted by atomic mass is 35.5. The van der Waals surface area contributed by atoms with Crippen LogP contribution in [0, 0.1) is 5.92 Å². The van der Waals surface area contributed by atoms with Crippen LogP contribution in [0.1, 0.15) is 23.2 Å². The van der Waals surface area contributed by atoms with Crippen LogP contribution in [0.5, 0.6) is 5.75 Å². The van der Waals surface area contributed by atoms with Crippen molar-refractivity contribution in [3.05, 3.63) is 40.9 Å². The predicted molar refractivity (Wildman–Crippen MR) is 86.3 cm³/mol. The summed E-state index contributed by atoms with van der Waals surface area (Å²) in [6, 6.07) is 8.74. The molecule has 0 saturated carbocycles. The lowest BCUT2D eigenvalue weighted by atomic mass is 9.97. The number of phenolic OH excluding ortho intramolecular Hbond substituents is 1. The molecule has 1 amide bonds. The number of nitrogens with zero attached hydrogens (tertiary/aromatic N) is 1. The van der Waals surface area contributed by atoms with Gasteiger partial charge in [-0.1, -0.05) is 35.9 Å². The first-order chi connectivity index (χ1) is 10.6. The number of hydrogen-bond donors (Lipinski definition) is 2. The average Bonchev–Trinajstić information content (AvgIpc) is 2.57. The lowest BCUT2D eigenvalue weighted by Crippen LogP contribution is -2.41. The standard InChI is InChI=1S/C17H18ClNO3/c18-15-8-14(16(21)13-6-2-1-5-12(13)15)17(22)19-7-3-4-11(9-19)10-20/h1-2,5-6,8,11,20-21H,3-4,7,9-10H2. The van der Waals surface area contributed by atoms with Crippen molar-refractivity contribution >= 4 is 28.3 Å². The van der Waals surface area contributed by atoms with Gasteiger partial charge in [-0.25, -0.2) is 0 Å². The van der Waals surface area contributed by atoms with E-state index in [4.69, 9.17) is 11.6 Å². The number of fused-ring (bicyclic) bond motifs is 1. The number of carbonyl (C=O) groups is 1. The second-order valence-electron chi connectivity index (χ2n) is 5.74. The van der Waals surface area contributed by atoms with Crippen LogP contribution in [0.25, 0.3) is 10.8 Å². The van der Waals surface area contributed by atoms with Gasteiger partial charge in [-0.05, 0) is 24.8 Å². The first kappa shape index (κ1) is 15.1. The number of phenols is 1. The molecule has 1 atom stereocenters. The van der Waals surface area contributed by atoms with Gasteiger partial charge in [-0.2, -0.15) is 0 Å². The normalized spacial score (nSPS) is 18.6. The van der Waals surface area contributed by atoms with Gasteiger partial charge in [0.15, 0.2) is 0 Å². The van der Waals surface area contributed by atoms with Gasteiger partial charge in [0.2, 0.25) is 0 Å². The number of carbonyl (C=O) groups excluding carboxylic acids is 1. The van der Waals surface area contributed by atoms with E-state index in [0.29, 0.717) is 23.5 Å². The SMILES string of the molecule is O=C(c1cc(Cl)c2ccccc2c1O)N1CCCC(CO)C1. The van der Waals surface area contributed by atoms with E-state index in [2.05, 4.69) is 0 Å². The summed E-state index contributed by atoms with van der Waals surface area (Å²) in [6.07, 6.45) is 1.78. The molecule has 2 aromatic rings. The number of rotatable bonds is 2. The fourth-order valence-electron chi connectivity index (χ4n) is 3.05. The molecule has 116 valence electrons. The molecule has 2 N–H and O–H groups in total. The van der Waals surface area contributed by atoms with E-state index in [-0.39, 0.29) is 29.7 Å². The highest BCUT2D eigenvalue weighted by Gasteiger charge is 2.26. The third-order valence-corrected chi connectivity index (χ3v) is 4.57. The number of hydrogen-bond acceptors (Lipinski definition) is 3. The van der Waals surface area contributed by atoms with E-state index in [9.17, 15) is 15.0 Å². The van der Waals surface area contributed by atoms with E-state index in [1.807, 2.05) is 12.1 Å². The Bertz CT molecular complexity index is 716. The lowest BCUT2D eigenvalue weighted by molar-refractivity contribution is 0.0618. The van der Waals surface area contributed by atoms with Gasteiger partial charge in [0, 0.05) is 35.5 Å². The molecule has 22 heavy (non-hydrogen) atoms. The number of piperidine rings is 1. The van der Waals surface area contributed by atoms with Crippen LogP contribution in [0.3, 0.4) is 0 Å². The zero-order valence-electron chi connectivity index (χ0n) is 12.1. The maximum absolute atomic E-state index is 12.7. The Kier molecular flexibility index (Phi) is 4.23. The van der Waals surface area contributed by atoms with E-state index >= 15 is 0 Å². The minimum atomic E-state index is -0.233. The summed E-state index contributed by atoms with van der Waals surface area (Å²) in [7, 11) is 0. The Morgan fingerprint density at radius 3 is 2.77 bits per heavy atom. The molecule has 0 bridgehead atoms. The number of halogens is 1. The molecule has 1 unspecified atom stereocenters. The lowest BCUT2D eigenvalue weighted by Gasteiger charge is -2.32. The first-order valence-electron chi connectivity index (χ1n) is 7.42. The van der Waals surface area contributed by atoms with Crippen molar-refractivity contribution in [1.29, 1.82) is 0 Å². The number of aliphatic hydroxyl groups is 1. The number of likely N-dealkylation sites (tertiary alicyclic amines) is 1. The van der Waals surface area contributed by atoms with Crippen molar-refractivity contribution in [3.63, 3.8) is 0 Å². The summed E-state index contributed by atoms with van der Waals surface area (Å²) in [5, 5.41) is 21.5. The van der Waals surface area contributed by atoms with Crippen LogP contribution in [0.15, 0.2) is 30.3 Å². The minimum absolute atomic E-state index is 0.0314. The van der Waals surface area contributed by atoms with Gasteiger partial charge in [-0.15, -0.1) is 0 Å². The highest BCUT2D eigenvalue weighted by Crippen LogP contribution is 2.35. The summed E-state index contributed by atoms with van der Waals surface area (Å²) in [4.78, 5) is 14.4. The highest BCUT2D eigenvalue weighted by molar-refractivity contribution is 6.36. The molecule has 1 saturated heterocycles. The van der Waals surface area contributed by atoms with E-state index in [0.717, 1.165) is 18.2 Å². The Morgan fingerprint density at radius 2 is 2.05 bits per heavy atom. The monoisotopic (exact) mass is 319 g/mol. The summed E-state index contributed by atoms with van der Waals surface area (Å²) in [5.74, 6) is -0.157. The van der Waals surface area contributed by atoms with E-state index in [1.165, 1.54) is 6.07 Å². The third-order valence-electron chi connectivity index (χ3n) is 4.26. The first-order valence-corrected chi connectivity index (χ1v) is 7.80. The fourth-order valence-corrected chi connectivity index (χ4v) is 3.32. The molecule has 5 heteroatoms. The van der Waals surface area contributed by atoms with Crippen molar-refractivity contribution in [2.24, 2.45) is 5.92 Å². The van der Waals surface area contributed by atoms with Crippen molar-refractivity contribution in [2.75, 3.05) is 19.7 Å². The molecule has 2 aromatic carbocycles. The maximum atomic E-state index is 12.7. The summed E-state index contributed by atoms with van der Waals surface area (Å²) in [5.41, 5.74) is 0.224. The van der Waals surface area contributed by atoms with Crippen molar-refractivity contribution in [2.45, 2.75) is 12.8 Å². The minimum Gasteiger partial charge on any atom is -0.506 e. The second-order valence-corrected chi connectivity index (χ2v) is 6.15. The van der Waals surface area contributed by atoms with Gasteiger partial charge in [-0.3, -0.25) is 4.79 Å². The molecule has 3 rings (SSSR count). The molecule has 0 spiro atoms. The van der Waals surface area contributed by atoms with Crippen molar-refractivity contribution in [1.82, 2.24) is 4.90 Å². The molecule has 0 aromatic heterocycles. The smallest absolute Gasteiger partial charge is 0.257 e. The average molecular weight is 320 g/mol. The summed E-state index contributed by atoms with van der Waals surface area (Å²) >= 11 is 6.25. The van der Waals surface area contributed by atoms with Crippen molar-refractivity contribution < 1.29 is 15.0 Å².